The molecule has 0 radical (unpaired) electrons. The van der Waals surface area contributed by atoms with Crippen LogP contribution in [-0.2, 0) is 15.3 Å². The Hall–Kier alpha value is -2.09. The van der Waals surface area contributed by atoms with E-state index in [1.165, 1.54) is 7.11 Å². The summed E-state index contributed by atoms with van der Waals surface area (Å²) < 4.78 is 18.7. The monoisotopic (exact) mass is 342 g/mol. The van der Waals surface area contributed by atoms with Gasteiger partial charge in [0, 0.05) is 23.5 Å². The molecule has 2 aromatic carbocycles. The molecule has 4 heteroatoms. The molecule has 0 bridgehead atoms. The molecule has 0 aromatic heterocycles. The van der Waals surface area contributed by atoms with E-state index < -0.39 is 7.37 Å². The third-order valence-electron chi connectivity index (χ3n) is 3.92. The number of hydrogen-bond donors (Lipinski definition) is 1. The summed E-state index contributed by atoms with van der Waals surface area (Å²) in [7, 11) is -1.56. The molecule has 24 heavy (non-hydrogen) atoms. The topological polar surface area (TPSA) is 46.5 Å². The predicted octanol–water partition coefficient (Wildman–Crippen LogP) is 5.21. The Kier molecular flexibility index (Phi) is 5.48. The van der Waals surface area contributed by atoms with Crippen molar-refractivity contribution in [1.29, 1.82) is 0 Å². The first-order valence-corrected chi connectivity index (χ1v) is 9.47. The van der Waals surface area contributed by atoms with Crippen LogP contribution in [0.4, 0.5) is 0 Å². The van der Waals surface area contributed by atoms with Crippen LogP contribution < -0.4 is 5.30 Å². The lowest BCUT2D eigenvalue weighted by Crippen LogP contribution is -2.08. The third kappa shape index (κ3) is 3.69. The van der Waals surface area contributed by atoms with Crippen molar-refractivity contribution < 1.29 is 14.2 Å². The number of phenolic OH excluding ortho intramolecular Hbond substituents is 1. The van der Waals surface area contributed by atoms with Gasteiger partial charge in [-0.15, -0.1) is 0 Å². The maximum atomic E-state index is 13.3. The molecule has 1 unspecified atom stereocenters. The number of hydrogen-bond acceptors (Lipinski definition) is 3. The maximum absolute atomic E-state index is 13.3. The van der Waals surface area contributed by atoms with Gasteiger partial charge in [-0.2, -0.15) is 0 Å². The summed E-state index contributed by atoms with van der Waals surface area (Å²) >= 11 is 0. The van der Waals surface area contributed by atoms with Crippen molar-refractivity contribution in [3.05, 3.63) is 72.3 Å². The molecular weight excluding hydrogens is 319 g/mol. The zero-order valence-corrected chi connectivity index (χ0v) is 15.3. The fourth-order valence-corrected chi connectivity index (χ4v) is 4.41. The van der Waals surface area contributed by atoms with Crippen LogP contribution >= 0.6 is 7.37 Å². The van der Waals surface area contributed by atoms with Crippen LogP contribution in [0.15, 0.2) is 55.6 Å². The molecule has 126 valence electrons. The zero-order valence-electron chi connectivity index (χ0n) is 14.4. The van der Waals surface area contributed by atoms with E-state index in [1.54, 1.807) is 0 Å². The maximum Gasteiger partial charge on any atom is 0.236 e. The summed E-state index contributed by atoms with van der Waals surface area (Å²) in [5, 5.41) is 11.1. The number of rotatable bonds is 6. The molecule has 0 amide bonds. The molecule has 0 heterocycles. The lowest BCUT2D eigenvalue weighted by Gasteiger charge is -2.19. The first kappa shape index (κ1) is 18.3. The first-order valence-electron chi connectivity index (χ1n) is 7.66. The molecule has 0 spiro atoms. The van der Waals surface area contributed by atoms with E-state index in [0.717, 1.165) is 16.7 Å². The molecule has 0 aliphatic rings. The van der Waals surface area contributed by atoms with Crippen LogP contribution in [-0.4, -0.2) is 12.2 Å². The molecular formula is C20H23O3P. The Morgan fingerprint density at radius 3 is 2.00 bits per heavy atom. The summed E-state index contributed by atoms with van der Waals surface area (Å²) in [5.74, 6) is 0.158. The molecule has 3 nitrogen and oxygen atoms in total. The lowest BCUT2D eigenvalue weighted by atomic mass is 9.97. The number of aromatic hydroxyl groups is 1. The second-order valence-electron chi connectivity index (χ2n) is 5.95. The van der Waals surface area contributed by atoms with Crippen LogP contribution in [0.1, 0.15) is 30.5 Å². The standard InChI is InChI=1S/C20H23O3P/c1-14(2)18-11-16(12-19(15(3)4)20(18)21)13-24(22,23-5)17-9-7-6-8-10-17/h6-12,21H,1,3,13H2,2,4-5H3. The van der Waals surface area contributed by atoms with Gasteiger partial charge in [-0.25, -0.2) is 0 Å². The largest absolute Gasteiger partial charge is 0.507 e. The molecule has 0 saturated heterocycles. The van der Waals surface area contributed by atoms with Crippen molar-refractivity contribution in [3.63, 3.8) is 0 Å². The summed E-state index contributed by atoms with van der Waals surface area (Å²) in [6.45, 7) is 11.5. The van der Waals surface area contributed by atoms with E-state index in [4.69, 9.17) is 4.52 Å². The fraction of sp³-hybridized carbons (Fsp3) is 0.200. The quantitative estimate of drug-likeness (QED) is 0.733. The zero-order chi connectivity index (χ0) is 17.9. The Morgan fingerprint density at radius 2 is 1.58 bits per heavy atom. The van der Waals surface area contributed by atoms with Gasteiger partial charge in [0.15, 0.2) is 0 Å². The normalized spacial score (nSPS) is 13.3. The second-order valence-corrected chi connectivity index (χ2v) is 8.49. The van der Waals surface area contributed by atoms with Crippen LogP contribution in [0.2, 0.25) is 0 Å². The first-order chi connectivity index (χ1) is 11.3. The minimum Gasteiger partial charge on any atom is -0.507 e. The summed E-state index contributed by atoms with van der Waals surface area (Å²) in [4.78, 5) is 0. The highest BCUT2D eigenvalue weighted by atomic mass is 31.2. The third-order valence-corrected chi connectivity index (χ3v) is 6.38. The highest BCUT2D eigenvalue weighted by molar-refractivity contribution is 7.66. The van der Waals surface area contributed by atoms with Crippen molar-refractivity contribution >= 4 is 23.8 Å². The second kappa shape index (κ2) is 7.21. The van der Waals surface area contributed by atoms with Crippen molar-refractivity contribution in [2.75, 3.05) is 7.11 Å². The van der Waals surface area contributed by atoms with Gasteiger partial charge < -0.3 is 9.63 Å². The van der Waals surface area contributed by atoms with E-state index >= 15 is 0 Å². The van der Waals surface area contributed by atoms with Crippen molar-refractivity contribution in [1.82, 2.24) is 0 Å². The van der Waals surface area contributed by atoms with E-state index in [9.17, 15) is 9.67 Å². The lowest BCUT2D eigenvalue weighted by molar-refractivity contribution is 0.402. The molecule has 2 aromatic rings. The SMILES string of the molecule is C=C(C)c1cc(CP(=O)(OC)c2ccccc2)cc(C(=C)C)c1O. The molecule has 0 aliphatic heterocycles. The fourth-order valence-electron chi connectivity index (χ4n) is 2.59. The molecule has 1 atom stereocenters. The van der Waals surface area contributed by atoms with Gasteiger partial charge in [0.05, 0.1) is 6.16 Å². The van der Waals surface area contributed by atoms with E-state index in [-0.39, 0.29) is 11.9 Å². The Bertz CT molecular complexity index is 787. The van der Waals surface area contributed by atoms with Gasteiger partial charge in [0.2, 0.25) is 7.37 Å². The molecule has 0 fully saturated rings. The summed E-state index contributed by atoms with van der Waals surface area (Å²) in [6.07, 6.45) is 0.244. The number of phenols is 1. The highest BCUT2D eigenvalue weighted by Gasteiger charge is 2.26. The van der Waals surface area contributed by atoms with E-state index in [0.29, 0.717) is 16.4 Å². The average molecular weight is 342 g/mol. The van der Waals surface area contributed by atoms with Gasteiger partial charge in [-0.05, 0) is 54.8 Å². The van der Waals surface area contributed by atoms with E-state index in [1.807, 2.05) is 56.3 Å². The Labute approximate surface area is 143 Å². The smallest absolute Gasteiger partial charge is 0.236 e. The Morgan fingerprint density at radius 1 is 1.08 bits per heavy atom. The van der Waals surface area contributed by atoms with Crippen molar-refractivity contribution in [2.24, 2.45) is 0 Å². The predicted molar refractivity (Wildman–Crippen MR) is 102 cm³/mol. The van der Waals surface area contributed by atoms with Crippen LogP contribution in [0.5, 0.6) is 5.75 Å². The van der Waals surface area contributed by atoms with Gasteiger partial charge in [0.1, 0.15) is 5.75 Å². The molecule has 0 aliphatic carbocycles. The van der Waals surface area contributed by atoms with Gasteiger partial charge in [-0.3, -0.25) is 4.57 Å². The summed E-state index contributed by atoms with van der Waals surface area (Å²) in [5.41, 5.74) is 3.58. The molecule has 1 N–H and O–H groups in total. The van der Waals surface area contributed by atoms with Gasteiger partial charge >= 0.3 is 0 Å². The number of allylic oxidation sites excluding steroid dienone is 2. The van der Waals surface area contributed by atoms with Crippen LogP contribution in [0, 0.1) is 0 Å². The Balaban J connectivity index is 2.54. The number of benzene rings is 2. The van der Waals surface area contributed by atoms with Gasteiger partial charge in [0.25, 0.3) is 0 Å². The minimum atomic E-state index is -3.03. The van der Waals surface area contributed by atoms with Crippen LogP contribution in [0.25, 0.3) is 11.1 Å². The van der Waals surface area contributed by atoms with E-state index in [2.05, 4.69) is 13.2 Å². The van der Waals surface area contributed by atoms with Crippen molar-refractivity contribution in [3.8, 4) is 5.75 Å². The molecule has 0 saturated carbocycles. The molecule has 2 rings (SSSR count). The highest BCUT2D eigenvalue weighted by Crippen LogP contribution is 2.49. The van der Waals surface area contributed by atoms with Crippen molar-refractivity contribution in [2.45, 2.75) is 20.0 Å². The average Bonchev–Trinajstić information content (AvgIpc) is 2.56. The minimum absolute atomic E-state index is 0.158. The van der Waals surface area contributed by atoms with Crippen LogP contribution in [0.3, 0.4) is 0 Å². The summed E-state index contributed by atoms with van der Waals surface area (Å²) in [6, 6.07) is 12.8. The van der Waals surface area contributed by atoms with Gasteiger partial charge in [-0.1, -0.05) is 31.4 Å².